The molecule has 2 aromatic rings. The van der Waals surface area contributed by atoms with E-state index in [0.29, 0.717) is 5.56 Å². The molecule has 1 N–H and O–H groups in total. The monoisotopic (exact) mass is 320 g/mol. The van der Waals surface area contributed by atoms with Crippen LogP contribution in [0.1, 0.15) is 23.0 Å². The quantitative estimate of drug-likeness (QED) is 0.921. The lowest BCUT2D eigenvalue weighted by Crippen LogP contribution is -2.52. The first-order chi connectivity index (χ1) is 10.2. The number of nitrogens with one attached hydrogen (secondary N) is 1. The third kappa shape index (κ3) is 3.00. The van der Waals surface area contributed by atoms with Crippen LogP contribution < -0.4 is 5.32 Å². The Morgan fingerprint density at radius 2 is 2.05 bits per heavy atom. The first kappa shape index (κ1) is 16.5. The summed E-state index contributed by atoms with van der Waals surface area (Å²) >= 11 is 0. The van der Waals surface area contributed by atoms with Gasteiger partial charge < -0.3 is 10.2 Å². The van der Waals surface area contributed by atoms with Gasteiger partial charge in [-0.2, -0.15) is 5.10 Å². The number of carbonyl (C=O) groups is 1. The van der Waals surface area contributed by atoms with Gasteiger partial charge in [-0.3, -0.25) is 4.79 Å². The Kier molecular flexibility index (Phi) is 5.21. The lowest BCUT2D eigenvalue weighted by atomic mass is 10.1. The summed E-state index contributed by atoms with van der Waals surface area (Å²) < 4.78 is 1.82. The zero-order valence-corrected chi connectivity index (χ0v) is 13.6. The maximum Gasteiger partial charge on any atom is 0.257 e. The van der Waals surface area contributed by atoms with Crippen molar-refractivity contribution in [2.75, 3.05) is 19.6 Å². The number of benzene rings is 1. The third-order valence-electron chi connectivity index (χ3n) is 4.00. The fraction of sp³-hybridized carbons (Fsp3) is 0.375. The van der Waals surface area contributed by atoms with E-state index < -0.39 is 0 Å². The lowest BCUT2D eigenvalue weighted by molar-refractivity contribution is 0.0655. The highest BCUT2D eigenvalue weighted by Gasteiger charge is 2.26. The van der Waals surface area contributed by atoms with Crippen molar-refractivity contribution >= 4 is 18.3 Å². The molecule has 0 radical (unpaired) electrons. The Bertz CT molecular complexity index is 641. The van der Waals surface area contributed by atoms with Crippen LogP contribution in [0.15, 0.2) is 36.5 Å². The molecular formula is C16H21ClN4O. The molecular weight excluding hydrogens is 300 g/mol. The molecule has 0 spiro atoms. The number of amides is 1. The minimum atomic E-state index is 0. The fourth-order valence-electron chi connectivity index (χ4n) is 2.75. The molecule has 1 aromatic carbocycles. The summed E-state index contributed by atoms with van der Waals surface area (Å²) in [6, 6.07) is 10.1. The molecule has 3 rings (SSSR count). The Morgan fingerprint density at radius 1 is 1.32 bits per heavy atom. The average molecular weight is 321 g/mol. The van der Waals surface area contributed by atoms with Crippen LogP contribution in [0.25, 0.3) is 5.69 Å². The molecule has 6 heteroatoms. The zero-order valence-electron chi connectivity index (χ0n) is 12.8. The van der Waals surface area contributed by atoms with Gasteiger partial charge in [-0.25, -0.2) is 4.68 Å². The van der Waals surface area contributed by atoms with Gasteiger partial charge in [-0.05, 0) is 26.0 Å². The number of carbonyl (C=O) groups excluding carboxylic acids is 1. The van der Waals surface area contributed by atoms with E-state index in [1.54, 1.807) is 6.20 Å². The second-order valence-electron chi connectivity index (χ2n) is 5.44. The van der Waals surface area contributed by atoms with Crippen LogP contribution in [0, 0.1) is 6.92 Å². The van der Waals surface area contributed by atoms with Crippen molar-refractivity contribution in [2.45, 2.75) is 19.9 Å². The van der Waals surface area contributed by atoms with E-state index in [9.17, 15) is 4.79 Å². The Balaban J connectivity index is 0.00000176. The summed E-state index contributed by atoms with van der Waals surface area (Å²) in [6.07, 6.45) is 1.68. The van der Waals surface area contributed by atoms with Crippen LogP contribution >= 0.6 is 12.4 Å². The first-order valence-electron chi connectivity index (χ1n) is 7.30. The minimum Gasteiger partial charge on any atom is -0.333 e. The molecule has 1 atom stereocenters. The van der Waals surface area contributed by atoms with Gasteiger partial charge in [0.1, 0.15) is 0 Å². The number of hydrogen-bond acceptors (Lipinski definition) is 3. The summed E-state index contributed by atoms with van der Waals surface area (Å²) in [5.74, 6) is 0.0729. The van der Waals surface area contributed by atoms with Crippen molar-refractivity contribution in [1.82, 2.24) is 20.0 Å². The van der Waals surface area contributed by atoms with E-state index in [2.05, 4.69) is 17.3 Å². The van der Waals surface area contributed by atoms with Gasteiger partial charge in [0.2, 0.25) is 0 Å². The smallest absolute Gasteiger partial charge is 0.257 e. The van der Waals surface area contributed by atoms with Gasteiger partial charge in [0.05, 0.1) is 23.1 Å². The van der Waals surface area contributed by atoms with Crippen LogP contribution in [0.5, 0.6) is 0 Å². The molecule has 22 heavy (non-hydrogen) atoms. The molecule has 2 heterocycles. The largest absolute Gasteiger partial charge is 0.333 e. The summed E-state index contributed by atoms with van der Waals surface area (Å²) in [5.41, 5.74) is 2.55. The number of nitrogens with zero attached hydrogens (tertiary/aromatic N) is 3. The van der Waals surface area contributed by atoms with Crippen LogP contribution in [0.2, 0.25) is 0 Å². The van der Waals surface area contributed by atoms with E-state index in [1.807, 2.05) is 46.8 Å². The second-order valence-corrected chi connectivity index (χ2v) is 5.44. The molecule has 0 bridgehead atoms. The second kappa shape index (κ2) is 6.94. The highest BCUT2D eigenvalue weighted by atomic mass is 35.5. The van der Waals surface area contributed by atoms with Crippen LogP contribution in [0.4, 0.5) is 0 Å². The van der Waals surface area contributed by atoms with Crippen molar-refractivity contribution in [3.05, 3.63) is 47.8 Å². The van der Waals surface area contributed by atoms with Crippen molar-refractivity contribution in [3.63, 3.8) is 0 Å². The Morgan fingerprint density at radius 3 is 2.73 bits per heavy atom. The van der Waals surface area contributed by atoms with E-state index >= 15 is 0 Å². The minimum absolute atomic E-state index is 0. The topological polar surface area (TPSA) is 50.2 Å². The van der Waals surface area contributed by atoms with Gasteiger partial charge in [0, 0.05) is 25.7 Å². The van der Waals surface area contributed by atoms with Crippen molar-refractivity contribution in [3.8, 4) is 5.69 Å². The van der Waals surface area contributed by atoms with Gasteiger partial charge in [-0.1, -0.05) is 18.2 Å². The fourth-order valence-corrected chi connectivity index (χ4v) is 2.75. The Hall–Kier alpha value is -1.85. The molecule has 118 valence electrons. The molecule has 1 unspecified atom stereocenters. The van der Waals surface area contributed by atoms with E-state index in [-0.39, 0.29) is 24.4 Å². The van der Waals surface area contributed by atoms with Gasteiger partial charge in [0.15, 0.2) is 0 Å². The average Bonchev–Trinajstić information content (AvgIpc) is 2.90. The van der Waals surface area contributed by atoms with E-state index in [4.69, 9.17) is 0 Å². The number of para-hydroxylation sites is 1. The van der Waals surface area contributed by atoms with Crippen LogP contribution in [-0.2, 0) is 0 Å². The molecule has 1 saturated heterocycles. The number of aromatic nitrogens is 2. The summed E-state index contributed by atoms with van der Waals surface area (Å²) in [5, 5.41) is 7.68. The number of piperazine rings is 1. The highest BCUT2D eigenvalue weighted by Crippen LogP contribution is 2.17. The SMILES string of the molecule is Cc1c(C(=O)N2CCNCC2C)cnn1-c1ccccc1.Cl. The maximum absolute atomic E-state index is 12.7. The van der Waals surface area contributed by atoms with Gasteiger partial charge >= 0.3 is 0 Å². The van der Waals surface area contributed by atoms with Crippen LogP contribution in [0.3, 0.4) is 0 Å². The molecule has 1 amide bonds. The molecule has 1 fully saturated rings. The predicted molar refractivity (Wildman–Crippen MR) is 88.9 cm³/mol. The normalized spacial score (nSPS) is 17.9. The first-order valence-corrected chi connectivity index (χ1v) is 7.30. The molecule has 0 saturated carbocycles. The summed E-state index contributed by atoms with van der Waals surface area (Å²) in [6.45, 7) is 6.45. The molecule has 0 aliphatic carbocycles. The van der Waals surface area contributed by atoms with Gasteiger partial charge in [-0.15, -0.1) is 12.4 Å². The maximum atomic E-state index is 12.7. The predicted octanol–water partition coefficient (Wildman–Crippen LogP) is 2.04. The van der Waals surface area contributed by atoms with E-state index in [0.717, 1.165) is 31.0 Å². The highest BCUT2D eigenvalue weighted by molar-refractivity contribution is 5.95. The number of hydrogen-bond donors (Lipinski definition) is 1. The Labute approximate surface area is 136 Å². The standard InChI is InChI=1S/C16H20N4O.ClH/c1-12-10-17-8-9-19(12)16(21)15-11-18-20(13(15)2)14-6-4-3-5-7-14;/h3-7,11-12,17H,8-10H2,1-2H3;1H. The van der Waals surface area contributed by atoms with Crippen molar-refractivity contribution < 1.29 is 4.79 Å². The van der Waals surface area contributed by atoms with Crippen molar-refractivity contribution in [1.29, 1.82) is 0 Å². The molecule has 1 aromatic heterocycles. The number of halogens is 1. The summed E-state index contributed by atoms with van der Waals surface area (Å²) in [4.78, 5) is 14.6. The molecule has 5 nitrogen and oxygen atoms in total. The zero-order chi connectivity index (χ0) is 14.8. The summed E-state index contributed by atoms with van der Waals surface area (Å²) in [7, 11) is 0. The van der Waals surface area contributed by atoms with Gasteiger partial charge in [0.25, 0.3) is 5.91 Å². The lowest BCUT2D eigenvalue weighted by Gasteiger charge is -2.33. The van der Waals surface area contributed by atoms with E-state index in [1.165, 1.54) is 0 Å². The number of rotatable bonds is 2. The third-order valence-corrected chi connectivity index (χ3v) is 4.00. The van der Waals surface area contributed by atoms with Crippen LogP contribution in [-0.4, -0.2) is 46.3 Å². The van der Waals surface area contributed by atoms with Crippen molar-refractivity contribution in [2.24, 2.45) is 0 Å². The molecule has 1 aliphatic heterocycles. The molecule has 1 aliphatic rings.